The minimum absolute atomic E-state index is 0.107. The zero-order valence-corrected chi connectivity index (χ0v) is 21.0. The third kappa shape index (κ3) is 3.62. The van der Waals surface area contributed by atoms with E-state index in [0.29, 0.717) is 12.5 Å². The molecule has 0 bridgehead atoms. The zero-order chi connectivity index (χ0) is 24.3. The Kier molecular flexibility index (Phi) is 5.51. The van der Waals surface area contributed by atoms with Gasteiger partial charge in [0, 0.05) is 66.0 Å². The molecule has 0 amide bonds. The van der Waals surface area contributed by atoms with E-state index in [-0.39, 0.29) is 17.8 Å². The number of carbonyl (C=O) groups is 1. The van der Waals surface area contributed by atoms with Crippen molar-refractivity contribution in [2.45, 2.75) is 45.1 Å². The summed E-state index contributed by atoms with van der Waals surface area (Å²) < 4.78 is 5.40. The Balaban J connectivity index is 1.43. The SMILES string of the molecule is Cc1ccc2c3c([nH]c2c1)C(C)(C)c1cc(N2CCN(C4COC4)CC2)c(CCCO)cc1C3=O. The molecule has 184 valence electrons. The summed E-state index contributed by atoms with van der Waals surface area (Å²) in [4.78, 5) is 22.6. The molecule has 0 saturated carbocycles. The lowest BCUT2D eigenvalue weighted by molar-refractivity contribution is -0.0660. The van der Waals surface area contributed by atoms with Crippen LogP contribution < -0.4 is 4.90 Å². The molecule has 2 N–H and O–H groups in total. The van der Waals surface area contributed by atoms with Gasteiger partial charge in [-0.1, -0.05) is 26.0 Å². The van der Waals surface area contributed by atoms with Crippen LogP contribution in [0.25, 0.3) is 10.9 Å². The van der Waals surface area contributed by atoms with Gasteiger partial charge >= 0.3 is 0 Å². The van der Waals surface area contributed by atoms with Crippen LogP contribution in [0.15, 0.2) is 30.3 Å². The summed E-state index contributed by atoms with van der Waals surface area (Å²) >= 11 is 0. The van der Waals surface area contributed by atoms with E-state index in [4.69, 9.17) is 4.74 Å². The van der Waals surface area contributed by atoms with E-state index in [1.165, 1.54) is 16.8 Å². The fourth-order valence-electron chi connectivity index (χ4n) is 6.15. The summed E-state index contributed by atoms with van der Waals surface area (Å²) in [7, 11) is 0. The van der Waals surface area contributed by atoms with Crippen molar-refractivity contribution in [2.75, 3.05) is 50.9 Å². The summed E-state index contributed by atoms with van der Waals surface area (Å²) in [5.41, 5.74) is 8.01. The van der Waals surface area contributed by atoms with Crippen molar-refractivity contribution in [2.24, 2.45) is 0 Å². The van der Waals surface area contributed by atoms with Gasteiger partial charge in [-0.05, 0) is 54.7 Å². The molecule has 2 saturated heterocycles. The Hall–Kier alpha value is -2.67. The third-order valence-corrected chi connectivity index (χ3v) is 8.34. The number of ether oxygens (including phenoxy) is 1. The number of carbonyl (C=O) groups excluding carboxylic acids is 1. The summed E-state index contributed by atoms with van der Waals surface area (Å²) in [6.45, 7) is 12.4. The van der Waals surface area contributed by atoms with Crippen molar-refractivity contribution in [1.82, 2.24) is 9.88 Å². The van der Waals surface area contributed by atoms with Gasteiger partial charge in [-0.25, -0.2) is 0 Å². The number of hydrogen-bond donors (Lipinski definition) is 2. The monoisotopic (exact) mass is 473 g/mol. The number of anilines is 1. The molecule has 6 nitrogen and oxygen atoms in total. The number of aliphatic hydroxyl groups is 1. The lowest BCUT2D eigenvalue weighted by atomic mass is 9.70. The van der Waals surface area contributed by atoms with Crippen LogP contribution in [0.1, 0.15) is 58.6 Å². The van der Waals surface area contributed by atoms with Crippen LogP contribution in [-0.2, 0) is 16.6 Å². The highest BCUT2D eigenvalue weighted by Gasteiger charge is 2.41. The summed E-state index contributed by atoms with van der Waals surface area (Å²) in [6.07, 6.45) is 1.46. The normalized spacial score (nSPS) is 20.1. The van der Waals surface area contributed by atoms with Gasteiger partial charge in [0.1, 0.15) is 0 Å². The van der Waals surface area contributed by atoms with E-state index >= 15 is 0 Å². The minimum atomic E-state index is -0.319. The van der Waals surface area contributed by atoms with Gasteiger partial charge in [0.2, 0.25) is 0 Å². The first-order valence-corrected chi connectivity index (χ1v) is 12.9. The highest BCUT2D eigenvalue weighted by molar-refractivity contribution is 6.20. The Labute approximate surface area is 206 Å². The number of H-pyrrole nitrogens is 1. The molecule has 3 aliphatic rings. The van der Waals surface area contributed by atoms with Crippen LogP contribution in [-0.4, -0.2) is 72.8 Å². The van der Waals surface area contributed by atoms with Crippen LogP contribution in [0.5, 0.6) is 0 Å². The van der Waals surface area contributed by atoms with E-state index in [1.807, 2.05) is 0 Å². The predicted molar refractivity (Wildman–Crippen MR) is 139 cm³/mol. The third-order valence-electron chi connectivity index (χ3n) is 8.34. The van der Waals surface area contributed by atoms with E-state index < -0.39 is 0 Å². The number of ketones is 1. The molecule has 6 rings (SSSR count). The minimum Gasteiger partial charge on any atom is -0.396 e. The van der Waals surface area contributed by atoms with E-state index in [1.54, 1.807) is 0 Å². The first kappa shape index (κ1) is 22.8. The van der Waals surface area contributed by atoms with E-state index in [0.717, 1.165) is 79.1 Å². The van der Waals surface area contributed by atoms with Crippen LogP contribution in [0.4, 0.5) is 5.69 Å². The molecule has 1 aromatic heterocycles. The molecule has 35 heavy (non-hydrogen) atoms. The number of nitrogens with one attached hydrogen (secondary N) is 1. The standard InChI is InChI=1S/C29H35N3O3/c1-18-6-7-21-24(13-18)30-28-26(21)27(34)22-14-19(5-4-12-33)25(15-23(22)29(28,2)3)32-10-8-31(9-11-32)20-16-35-17-20/h6-7,13-15,20,30,33H,4-5,8-12,16-17H2,1-3H3. The Morgan fingerprint density at radius 3 is 2.57 bits per heavy atom. The molecule has 0 unspecified atom stereocenters. The topological polar surface area (TPSA) is 68.8 Å². The number of aryl methyl sites for hydroxylation is 2. The molecule has 2 aromatic carbocycles. The maximum Gasteiger partial charge on any atom is 0.195 e. The molecular formula is C29H35N3O3. The molecule has 0 spiro atoms. The number of hydrogen-bond acceptors (Lipinski definition) is 5. The first-order chi connectivity index (χ1) is 16.9. The van der Waals surface area contributed by atoms with Crippen LogP contribution in [0, 0.1) is 6.92 Å². The number of aliphatic hydroxyl groups excluding tert-OH is 1. The molecule has 3 heterocycles. The highest BCUT2D eigenvalue weighted by Crippen LogP contribution is 2.46. The average Bonchev–Trinajstić information content (AvgIpc) is 3.20. The molecule has 2 fully saturated rings. The van der Waals surface area contributed by atoms with Gasteiger partial charge in [-0.15, -0.1) is 0 Å². The second-order valence-electron chi connectivity index (χ2n) is 10.9. The largest absolute Gasteiger partial charge is 0.396 e. The maximum absolute atomic E-state index is 13.9. The second-order valence-corrected chi connectivity index (χ2v) is 10.9. The van der Waals surface area contributed by atoms with Crippen LogP contribution in [0.3, 0.4) is 0 Å². The van der Waals surface area contributed by atoms with Crippen LogP contribution >= 0.6 is 0 Å². The molecule has 0 radical (unpaired) electrons. The summed E-state index contributed by atoms with van der Waals surface area (Å²) in [6, 6.07) is 11.3. The Bertz CT molecular complexity index is 1300. The highest BCUT2D eigenvalue weighted by atomic mass is 16.5. The lowest BCUT2D eigenvalue weighted by Crippen LogP contribution is -2.56. The first-order valence-electron chi connectivity index (χ1n) is 12.9. The smallest absolute Gasteiger partial charge is 0.195 e. The van der Waals surface area contributed by atoms with Crippen molar-refractivity contribution < 1.29 is 14.6 Å². The number of rotatable bonds is 5. The molecule has 3 aromatic rings. The van der Waals surface area contributed by atoms with Gasteiger partial charge in [-0.2, -0.15) is 0 Å². The number of aromatic nitrogens is 1. The van der Waals surface area contributed by atoms with E-state index in [9.17, 15) is 9.90 Å². The van der Waals surface area contributed by atoms with Gasteiger partial charge in [0.15, 0.2) is 5.78 Å². The maximum atomic E-state index is 13.9. The van der Waals surface area contributed by atoms with Gasteiger partial charge < -0.3 is 19.7 Å². The summed E-state index contributed by atoms with van der Waals surface area (Å²) in [5, 5.41) is 10.6. The molecule has 6 heteroatoms. The second kappa shape index (κ2) is 8.47. The molecule has 1 aliphatic carbocycles. The number of fused-ring (bicyclic) bond motifs is 4. The van der Waals surface area contributed by atoms with Crippen molar-refractivity contribution in [1.29, 1.82) is 0 Å². The van der Waals surface area contributed by atoms with Gasteiger partial charge in [0.05, 0.1) is 24.8 Å². The number of aromatic amines is 1. The number of piperazine rings is 1. The number of benzene rings is 2. The van der Waals surface area contributed by atoms with Crippen molar-refractivity contribution in [3.8, 4) is 0 Å². The Morgan fingerprint density at radius 1 is 1.11 bits per heavy atom. The average molecular weight is 474 g/mol. The Morgan fingerprint density at radius 2 is 1.89 bits per heavy atom. The quantitative estimate of drug-likeness (QED) is 0.590. The van der Waals surface area contributed by atoms with Crippen molar-refractivity contribution in [3.63, 3.8) is 0 Å². The molecule has 2 aliphatic heterocycles. The summed E-state index contributed by atoms with van der Waals surface area (Å²) in [5.74, 6) is 0.107. The molecule has 0 atom stereocenters. The fraction of sp³-hybridized carbons (Fsp3) is 0.483. The predicted octanol–water partition coefficient (Wildman–Crippen LogP) is 3.79. The number of nitrogens with zero attached hydrogens (tertiary/aromatic N) is 2. The lowest BCUT2D eigenvalue weighted by Gasteiger charge is -2.44. The van der Waals surface area contributed by atoms with Gasteiger partial charge in [-0.3, -0.25) is 9.69 Å². The van der Waals surface area contributed by atoms with E-state index in [2.05, 4.69) is 65.9 Å². The van der Waals surface area contributed by atoms with Crippen molar-refractivity contribution >= 4 is 22.4 Å². The molecular weight excluding hydrogens is 438 g/mol. The van der Waals surface area contributed by atoms with Crippen molar-refractivity contribution in [3.05, 3.63) is 63.8 Å². The fourth-order valence-corrected chi connectivity index (χ4v) is 6.15. The van der Waals surface area contributed by atoms with Gasteiger partial charge in [0.25, 0.3) is 0 Å². The van der Waals surface area contributed by atoms with Crippen LogP contribution in [0.2, 0.25) is 0 Å². The zero-order valence-electron chi connectivity index (χ0n) is 21.0.